The van der Waals surface area contributed by atoms with Gasteiger partial charge in [-0.05, 0) is 50.5 Å². The van der Waals surface area contributed by atoms with Gasteiger partial charge in [0.05, 0.1) is 11.8 Å². The zero-order valence-electron chi connectivity index (χ0n) is 15.1. The maximum Gasteiger partial charge on any atom is 0.228 e. The summed E-state index contributed by atoms with van der Waals surface area (Å²) in [5.41, 5.74) is 1.93. The third kappa shape index (κ3) is 4.73. The predicted molar refractivity (Wildman–Crippen MR) is 98.1 cm³/mol. The summed E-state index contributed by atoms with van der Waals surface area (Å²) in [6.07, 6.45) is 0.646. The van der Waals surface area contributed by atoms with Crippen LogP contribution in [-0.2, 0) is 9.59 Å². The lowest BCUT2D eigenvalue weighted by molar-refractivity contribution is -0.125. The van der Waals surface area contributed by atoms with E-state index in [1.165, 1.54) is 0 Å². The van der Waals surface area contributed by atoms with Crippen LogP contribution in [0.1, 0.15) is 34.1 Å². The van der Waals surface area contributed by atoms with Crippen molar-refractivity contribution < 1.29 is 9.59 Å². The van der Waals surface area contributed by atoms with E-state index in [9.17, 15) is 9.59 Å². The molecule has 1 saturated carbocycles. The van der Waals surface area contributed by atoms with Crippen molar-refractivity contribution >= 4 is 23.2 Å². The number of benzene rings is 1. The molecule has 0 heterocycles. The van der Waals surface area contributed by atoms with Crippen LogP contribution in [0.15, 0.2) is 24.3 Å². The number of anilines is 2. The molecule has 2 N–H and O–H groups in total. The van der Waals surface area contributed by atoms with Crippen LogP contribution in [0.2, 0.25) is 0 Å². The van der Waals surface area contributed by atoms with Crippen LogP contribution >= 0.6 is 0 Å². The van der Waals surface area contributed by atoms with Gasteiger partial charge in [-0.1, -0.05) is 13.8 Å². The van der Waals surface area contributed by atoms with Gasteiger partial charge in [0.15, 0.2) is 0 Å². The Morgan fingerprint density at radius 3 is 2.21 bits per heavy atom. The van der Waals surface area contributed by atoms with Crippen LogP contribution in [0.3, 0.4) is 0 Å². The average Bonchev–Trinajstić information content (AvgIpc) is 3.36. The molecule has 132 valence electrons. The number of rotatable bonds is 8. The number of hydrogen-bond donors (Lipinski definition) is 2. The Morgan fingerprint density at radius 1 is 1.08 bits per heavy atom. The number of nitrogens with one attached hydrogen (secondary N) is 2. The Morgan fingerprint density at radius 2 is 1.67 bits per heavy atom. The molecule has 0 aromatic heterocycles. The second-order valence-electron chi connectivity index (χ2n) is 6.80. The maximum atomic E-state index is 12.3. The summed E-state index contributed by atoms with van der Waals surface area (Å²) in [6, 6.07) is 7.87. The normalized spacial score (nSPS) is 19.0. The van der Waals surface area contributed by atoms with Crippen molar-refractivity contribution in [1.82, 2.24) is 5.32 Å². The summed E-state index contributed by atoms with van der Waals surface area (Å²) in [5.74, 6) is -0.00126. The van der Waals surface area contributed by atoms with Gasteiger partial charge in [-0.25, -0.2) is 0 Å². The average molecular weight is 331 g/mol. The van der Waals surface area contributed by atoms with Crippen LogP contribution in [-0.4, -0.2) is 31.4 Å². The highest BCUT2D eigenvalue weighted by molar-refractivity contribution is 5.99. The van der Waals surface area contributed by atoms with Gasteiger partial charge in [0.2, 0.25) is 11.8 Å². The van der Waals surface area contributed by atoms with Gasteiger partial charge >= 0.3 is 0 Å². The molecule has 1 aromatic carbocycles. The molecule has 2 unspecified atom stereocenters. The van der Waals surface area contributed by atoms with Gasteiger partial charge in [-0.15, -0.1) is 0 Å². The fourth-order valence-electron chi connectivity index (χ4n) is 2.79. The molecule has 1 aliphatic carbocycles. The smallest absolute Gasteiger partial charge is 0.228 e. The quantitative estimate of drug-likeness (QED) is 0.770. The molecule has 5 nitrogen and oxygen atoms in total. The predicted octanol–water partition coefficient (Wildman–Crippen LogP) is 2.88. The summed E-state index contributed by atoms with van der Waals surface area (Å²) in [7, 11) is 0. The van der Waals surface area contributed by atoms with E-state index in [0.717, 1.165) is 24.5 Å². The minimum atomic E-state index is -0.195. The minimum Gasteiger partial charge on any atom is -0.372 e. The number of nitrogens with zero attached hydrogens (tertiary/aromatic N) is 1. The lowest BCUT2D eigenvalue weighted by Crippen LogP contribution is -2.30. The first-order valence-electron chi connectivity index (χ1n) is 8.89. The van der Waals surface area contributed by atoms with Crippen LogP contribution in [0.5, 0.6) is 0 Å². The van der Waals surface area contributed by atoms with Crippen LogP contribution in [0.4, 0.5) is 11.4 Å². The molecule has 0 spiro atoms. The zero-order valence-corrected chi connectivity index (χ0v) is 15.1. The van der Waals surface area contributed by atoms with E-state index >= 15 is 0 Å². The number of carbonyl (C=O) groups excluding carboxylic acids is 2. The van der Waals surface area contributed by atoms with Crippen molar-refractivity contribution in [2.45, 2.75) is 34.1 Å². The molecule has 0 aliphatic heterocycles. The highest BCUT2D eigenvalue weighted by atomic mass is 16.2. The SMILES string of the molecule is CCN(CC)c1ccc(NC(=O)C2CC2C(=O)NCC(C)C)cc1. The maximum absolute atomic E-state index is 12.3. The molecule has 2 amide bonds. The van der Waals surface area contributed by atoms with Crippen molar-refractivity contribution in [3.05, 3.63) is 24.3 Å². The van der Waals surface area contributed by atoms with Gasteiger partial charge < -0.3 is 15.5 Å². The highest BCUT2D eigenvalue weighted by Gasteiger charge is 2.47. The molecule has 0 saturated heterocycles. The van der Waals surface area contributed by atoms with E-state index in [0.29, 0.717) is 18.9 Å². The van der Waals surface area contributed by atoms with E-state index in [4.69, 9.17) is 0 Å². The number of amides is 2. The molecule has 1 aromatic rings. The van der Waals surface area contributed by atoms with Crippen molar-refractivity contribution in [1.29, 1.82) is 0 Å². The van der Waals surface area contributed by atoms with Gasteiger partial charge in [-0.2, -0.15) is 0 Å². The van der Waals surface area contributed by atoms with E-state index < -0.39 is 0 Å². The molecule has 2 rings (SSSR count). The first-order chi connectivity index (χ1) is 11.5. The summed E-state index contributed by atoms with van der Waals surface area (Å²) >= 11 is 0. The molecule has 1 fully saturated rings. The second kappa shape index (κ2) is 8.18. The summed E-state index contributed by atoms with van der Waals surface area (Å²) in [5, 5.41) is 5.82. The van der Waals surface area contributed by atoms with E-state index in [2.05, 4.69) is 43.2 Å². The standard InChI is InChI=1S/C19H29N3O2/c1-5-22(6-2)15-9-7-14(8-10-15)21-19(24)17-11-16(17)18(23)20-12-13(3)4/h7-10,13,16-17H,5-6,11-12H2,1-4H3,(H,20,23)(H,21,24). The van der Waals surface area contributed by atoms with Gasteiger partial charge in [-0.3, -0.25) is 9.59 Å². The Bertz CT molecular complexity index is 564. The fourth-order valence-corrected chi connectivity index (χ4v) is 2.79. The van der Waals surface area contributed by atoms with Crippen LogP contribution in [0, 0.1) is 17.8 Å². The minimum absolute atomic E-state index is 0.000677. The third-order valence-corrected chi connectivity index (χ3v) is 4.41. The second-order valence-corrected chi connectivity index (χ2v) is 6.80. The number of hydrogen-bond acceptors (Lipinski definition) is 3. The monoisotopic (exact) mass is 331 g/mol. The van der Waals surface area contributed by atoms with Crippen LogP contribution < -0.4 is 15.5 Å². The van der Waals surface area contributed by atoms with Gasteiger partial charge in [0, 0.05) is 31.0 Å². The topological polar surface area (TPSA) is 61.4 Å². The molecule has 5 heteroatoms. The first-order valence-corrected chi connectivity index (χ1v) is 8.89. The first kappa shape index (κ1) is 18.3. The Labute approximate surface area is 144 Å². The summed E-state index contributed by atoms with van der Waals surface area (Å²) in [6.45, 7) is 10.9. The Balaban J connectivity index is 1.84. The lowest BCUT2D eigenvalue weighted by Gasteiger charge is -2.21. The molecule has 1 aliphatic rings. The molecule has 0 bridgehead atoms. The molecule has 24 heavy (non-hydrogen) atoms. The van der Waals surface area contributed by atoms with Crippen LogP contribution in [0.25, 0.3) is 0 Å². The molecular formula is C19H29N3O2. The molecule has 2 atom stereocenters. The Kier molecular flexibility index (Phi) is 6.23. The fraction of sp³-hybridized carbons (Fsp3) is 0.579. The van der Waals surface area contributed by atoms with E-state index in [1.54, 1.807) is 0 Å². The van der Waals surface area contributed by atoms with Crippen molar-refractivity contribution in [2.24, 2.45) is 17.8 Å². The summed E-state index contributed by atoms with van der Waals surface area (Å²) in [4.78, 5) is 26.5. The van der Waals surface area contributed by atoms with Gasteiger partial charge in [0.25, 0.3) is 0 Å². The highest BCUT2D eigenvalue weighted by Crippen LogP contribution is 2.39. The largest absolute Gasteiger partial charge is 0.372 e. The van der Waals surface area contributed by atoms with Crippen molar-refractivity contribution in [3.63, 3.8) is 0 Å². The van der Waals surface area contributed by atoms with Crippen molar-refractivity contribution in [3.8, 4) is 0 Å². The summed E-state index contributed by atoms with van der Waals surface area (Å²) < 4.78 is 0. The zero-order chi connectivity index (χ0) is 17.7. The van der Waals surface area contributed by atoms with E-state index in [-0.39, 0.29) is 23.7 Å². The van der Waals surface area contributed by atoms with Crippen molar-refractivity contribution in [2.75, 3.05) is 29.9 Å². The molecular weight excluding hydrogens is 302 g/mol. The third-order valence-electron chi connectivity index (χ3n) is 4.41. The van der Waals surface area contributed by atoms with Gasteiger partial charge in [0.1, 0.15) is 0 Å². The van der Waals surface area contributed by atoms with E-state index in [1.807, 2.05) is 24.3 Å². The lowest BCUT2D eigenvalue weighted by atomic mass is 10.2. The number of carbonyl (C=O) groups is 2. The Hall–Kier alpha value is -2.04. The molecule has 0 radical (unpaired) electrons.